The minimum atomic E-state index is -3.45. The van der Waals surface area contributed by atoms with Gasteiger partial charge in [-0.15, -0.1) is 0 Å². The number of nitrogens with one attached hydrogen (secondary N) is 1. The molecule has 4 rings (SSSR count). The van der Waals surface area contributed by atoms with Gasteiger partial charge in [-0.2, -0.15) is 4.72 Å². The van der Waals surface area contributed by atoms with Crippen LogP contribution in [0.2, 0.25) is 0 Å². The van der Waals surface area contributed by atoms with Crippen LogP contribution < -0.4 is 9.46 Å². The molecule has 1 aliphatic heterocycles. The highest BCUT2D eigenvalue weighted by Crippen LogP contribution is 2.27. The van der Waals surface area contributed by atoms with Crippen LogP contribution in [-0.2, 0) is 22.9 Å². The van der Waals surface area contributed by atoms with Crippen molar-refractivity contribution in [1.29, 1.82) is 0 Å². The minimum Gasteiger partial charge on any atom is -0.492 e. The molecule has 35 heavy (non-hydrogen) atoms. The first-order valence-corrected chi connectivity index (χ1v) is 14.0. The van der Waals surface area contributed by atoms with Crippen LogP contribution in [0.5, 0.6) is 5.75 Å². The van der Waals surface area contributed by atoms with Crippen LogP contribution in [-0.4, -0.2) is 57.1 Å². The summed E-state index contributed by atoms with van der Waals surface area (Å²) in [5.74, 6) is 0.907. The standard InChI is InChI=1S/C28H34N2O4S/c1-35(32,33)29-28(31)21-23-8-12-24(13-9-23)27-7-3-2-6-25(27)20-22-10-14-26(15-11-22)34-19-18-30-16-4-5-17-30/h2-3,6-15,28-29,31H,4-5,16-21H2,1H3. The molecule has 0 aromatic heterocycles. The van der Waals surface area contributed by atoms with Crippen molar-refractivity contribution >= 4 is 10.0 Å². The Labute approximate surface area is 208 Å². The van der Waals surface area contributed by atoms with Crippen molar-refractivity contribution in [3.8, 4) is 16.9 Å². The molecule has 0 saturated carbocycles. The Morgan fingerprint density at radius 3 is 2.29 bits per heavy atom. The molecule has 0 aliphatic carbocycles. The van der Waals surface area contributed by atoms with Gasteiger partial charge in [-0.3, -0.25) is 4.90 Å². The van der Waals surface area contributed by atoms with Gasteiger partial charge >= 0.3 is 0 Å². The molecule has 0 spiro atoms. The van der Waals surface area contributed by atoms with Crippen molar-refractivity contribution in [2.45, 2.75) is 31.9 Å². The van der Waals surface area contributed by atoms with Crippen LogP contribution in [0.3, 0.4) is 0 Å². The third kappa shape index (κ3) is 7.90. The second kappa shape index (κ2) is 11.8. The molecule has 1 aliphatic rings. The van der Waals surface area contributed by atoms with Gasteiger partial charge in [0.05, 0.1) is 6.26 Å². The van der Waals surface area contributed by atoms with E-state index in [-0.39, 0.29) is 6.42 Å². The van der Waals surface area contributed by atoms with Crippen LogP contribution in [0.4, 0.5) is 0 Å². The topological polar surface area (TPSA) is 78.9 Å². The molecule has 1 saturated heterocycles. The van der Waals surface area contributed by atoms with E-state index in [1.165, 1.54) is 37.1 Å². The zero-order chi connectivity index (χ0) is 24.7. The Morgan fingerprint density at radius 2 is 1.60 bits per heavy atom. The summed E-state index contributed by atoms with van der Waals surface area (Å²) in [6, 6.07) is 24.6. The third-order valence-electron chi connectivity index (χ3n) is 6.25. The first-order valence-electron chi connectivity index (χ1n) is 12.1. The van der Waals surface area contributed by atoms with Gasteiger partial charge < -0.3 is 9.84 Å². The summed E-state index contributed by atoms with van der Waals surface area (Å²) in [7, 11) is -3.45. The summed E-state index contributed by atoms with van der Waals surface area (Å²) < 4.78 is 30.7. The van der Waals surface area contributed by atoms with Gasteiger partial charge in [0.25, 0.3) is 0 Å². The van der Waals surface area contributed by atoms with Gasteiger partial charge in [0.2, 0.25) is 10.0 Å². The molecule has 3 aromatic rings. The van der Waals surface area contributed by atoms with Gasteiger partial charge in [0, 0.05) is 13.0 Å². The number of ether oxygens (including phenoxy) is 1. The molecule has 6 nitrogen and oxygen atoms in total. The Morgan fingerprint density at radius 1 is 0.943 bits per heavy atom. The van der Waals surface area contributed by atoms with Crippen molar-refractivity contribution in [3.05, 3.63) is 89.5 Å². The second-order valence-electron chi connectivity index (χ2n) is 9.18. The predicted octanol–water partition coefficient (Wildman–Crippen LogP) is 3.83. The van der Waals surface area contributed by atoms with E-state index in [0.29, 0.717) is 0 Å². The maximum absolute atomic E-state index is 11.3. The average molecular weight is 495 g/mol. The summed E-state index contributed by atoms with van der Waals surface area (Å²) in [5, 5.41) is 9.95. The van der Waals surface area contributed by atoms with Crippen molar-refractivity contribution < 1.29 is 18.3 Å². The van der Waals surface area contributed by atoms with E-state index < -0.39 is 16.3 Å². The van der Waals surface area contributed by atoms with Crippen molar-refractivity contribution in [3.63, 3.8) is 0 Å². The Hall–Kier alpha value is -2.71. The van der Waals surface area contributed by atoms with Gasteiger partial charge in [-0.1, -0.05) is 60.7 Å². The van der Waals surface area contributed by atoms with E-state index in [2.05, 4.69) is 40.0 Å². The number of nitrogens with zero attached hydrogens (tertiary/aromatic N) is 1. The molecule has 3 aromatic carbocycles. The summed E-state index contributed by atoms with van der Waals surface area (Å²) in [6.07, 6.45) is 3.50. The lowest BCUT2D eigenvalue weighted by Crippen LogP contribution is -2.35. The lowest BCUT2D eigenvalue weighted by molar-refractivity contribution is 0.164. The van der Waals surface area contributed by atoms with E-state index in [1.54, 1.807) is 0 Å². The van der Waals surface area contributed by atoms with Crippen molar-refractivity contribution in [2.24, 2.45) is 0 Å². The molecule has 0 radical (unpaired) electrons. The van der Waals surface area contributed by atoms with Crippen LogP contribution in [0.15, 0.2) is 72.8 Å². The fourth-order valence-electron chi connectivity index (χ4n) is 4.51. The number of sulfonamides is 1. The first-order chi connectivity index (χ1) is 16.9. The zero-order valence-corrected chi connectivity index (χ0v) is 21.0. The van der Waals surface area contributed by atoms with E-state index in [0.717, 1.165) is 48.3 Å². The SMILES string of the molecule is CS(=O)(=O)NC(O)Cc1ccc(-c2ccccc2Cc2ccc(OCCN3CCCC3)cc2)cc1. The van der Waals surface area contributed by atoms with E-state index >= 15 is 0 Å². The van der Waals surface area contributed by atoms with E-state index in [1.807, 2.05) is 42.5 Å². The molecule has 1 unspecified atom stereocenters. The number of hydrogen-bond donors (Lipinski definition) is 2. The lowest BCUT2D eigenvalue weighted by atomic mass is 9.94. The Bertz CT molecular complexity index is 1190. The molecule has 1 fully saturated rings. The quantitative estimate of drug-likeness (QED) is 0.396. The summed E-state index contributed by atoms with van der Waals surface area (Å²) in [6.45, 7) is 4.08. The van der Waals surface area contributed by atoms with Crippen LogP contribution in [0.25, 0.3) is 11.1 Å². The van der Waals surface area contributed by atoms with Crippen LogP contribution >= 0.6 is 0 Å². The first kappa shape index (κ1) is 25.4. The third-order valence-corrected chi connectivity index (χ3v) is 6.95. The second-order valence-corrected chi connectivity index (χ2v) is 11.0. The molecular weight excluding hydrogens is 460 g/mol. The molecule has 1 atom stereocenters. The molecule has 0 amide bonds. The number of hydrogen-bond acceptors (Lipinski definition) is 5. The Kier molecular flexibility index (Phi) is 8.57. The molecule has 0 bridgehead atoms. The van der Waals surface area contributed by atoms with Gasteiger partial charge in [-0.05, 0) is 72.3 Å². The number of rotatable bonds is 11. The van der Waals surface area contributed by atoms with E-state index in [9.17, 15) is 13.5 Å². The molecule has 1 heterocycles. The largest absolute Gasteiger partial charge is 0.492 e. The number of likely N-dealkylation sites (tertiary alicyclic amines) is 1. The summed E-state index contributed by atoms with van der Waals surface area (Å²) in [5.41, 5.74) is 5.53. The lowest BCUT2D eigenvalue weighted by Gasteiger charge is -2.15. The highest BCUT2D eigenvalue weighted by Gasteiger charge is 2.13. The number of aliphatic hydroxyl groups excluding tert-OH is 1. The maximum Gasteiger partial charge on any atom is 0.210 e. The summed E-state index contributed by atoms with van der Waals surface area (Å²) >= 11 is 0. The highest BCUT2D eigenvalue weighted by molar-refractivity contribution is 7.88. The average Bonchev–Trinajstić information content (AvgIpc) is 3.34. The molecule has 7 heteroatoms. The molecule has 2 N–H and O–H groups in total. The van der Waals surface area contributed by atoms with Gasteiger partial charge in [0.1, 0.15) is 18.6 Å². The van der Waals surface area contributed by atoms with Crippen molar-refractivity contribution in [1.82, 2.24) is 9.62 Å². The number of aliphatic hydroxyl groups is 1. The van der Waals surface area contributed by atoms with Gasteiger partial charge in [0.15, 0.2) is 0 Å². The fraction of sp³-hybridized carbons (Fsp3) is 0.357. The Balaban J connectivity index is 1.37. The van der Waals surface area contributed by atoms with Crippen LogP contribution in [0.1, 0.15) is 29.5 Å². The maximum atomic E-state index is 11.3. The smallest absolute Gasteiger partial charge is 0.210 e. The number of benzene rings is 3. The highest BCUT2D eigenvalue weighted by atomic mass is 32.2. The monoisotopic (exact) mass is 494 g/mol. The normalized spacial score (nSPS) is 15.3. The van der Waals surface area contributed by atoms with Gasteiger partial charge in [-0.25, -0.2) is 8.42 Å². The molecular formula is C28H34N2O4S. The van der Waals surface area contributed by atoms with Crippen molar-refractivity contribution in [2.75, 3.05) is 32.5 Å². The minimum absolute atomic E-state index is 0.210. The molecule has 186 valence electrons. The summed E-state index contributed by atoms with van der Waals surface area (Å²) in [4.78, 5) is 2.45. The van der Waals surface area contributed by atoms with Crippen LogP contribution in [0, 0.1) is 0 Å². The zero-order valence-electron chi connectivity index (χ0n) is 20.2. The van der Waals surface area contributed by atoms with E-state index in [4.69, 9.17) is 4.74 Å². The fourth-order valence-corrected chi connectivity index (χ4v) is 5.09. The predicted molar refractivity (Wildman–Crippen MR) is 140 cm³/mol.